The van der Waals surface area contributed by atoms with Crippen LogP contribution in [-0.2, 0) is 4.79 Å². The second kappa shape index (κ2) is 7.79. The fourth-order valence-electron chi connectivity index (χ4n) is 9.04. The molecule has 2 N–H and O–H groups in total. The molecule has 4 rings (SSSR count). The smallest absolute Gasteiger partial charge is 0.159 e. The summed E-state index contributed by atoms with van der Waals surface area (Å²) in [4.78, 5) is 13.9. The first kappa shape index (κ1) is 25.2. The van der Waals surface area contributed by atoms with Gasteiger partial charge in [-0.2, -0.15) is 0 Å². The second-order valence-corrected chi connectivity index (χ2v) is 14.0. The zero-order valence-electron chi connectivity index (χ0n) is 22.4. The normalized spacial score (nSPS) is 43.9. The summed E-state index contributed by atoms with van der Waals surface area (Å²) in [6.45, 7) is 17.7. The van der Waals surface area contributed by atoms with Crippen LogP contribution in [-0.4, -0.2) is 27.7 Å². The van der Waals surface area contributed by atoms with Gasteiger partial charge < -0.3 is 10.2 Å². The molecule has 2 saturated carbocycles. The molecule has 0 bridgehead atoms. The van der Waals surface area contributed by atoms with E-state index in [-0.39, 0.29) is 33.7 Å². The quantitative estimate of drug-likeness (QED) is 0.467. The molecule has 4 aliphatic rings. The number of allylic oxidation sites excluding steroid dienone is 3. The maximum atomic E-state index is 13.9. The Morgan fingerprint density at radius 1 is 1.09 bits per heavy atom. The molecule has 0 saturated heterocycles. The van der Waals surface area contributed by atoms with Crippen LogP contribution in [0.15, 0.2) is 23.3 Å². The summed E-state index contributed by atoms with van der Waals surface area (Å²) in [5, 5.41) is 20.8. The second-order valence-electron chi connectivity index (χ2n) is 14.0. The Hall–Kier alpha value is -0.930. The van der Waals surface area contributed by atoms with Crippen molar-refractivity contribution in [1.82, 2.24) is 0 Å². The van der Waals surface area contributed by atoms with E-state index < -0.39 is 5.60 Å². The van der Waals surface area contributed by atoms with E-state index in [1.165, 1.54) is 17.6 Å². The van der Waals surface area contributed by atoms with Crippen molar-refractivity contribution in [3.05, 3.63) is 23.3 Å². The molecule has 0 heterocycles. The van der Waals surface area contributed by atoms with Crippen LogP contribution < -0.4 is 0 Å². The number of ketones is 1. The van der Waals surface area contributed by atoms with Crippen LogP contribution in [0.1, 0.15) is 107 Å². The Morgan fingerprint density at radius 2 is 1.76 bits per heavy atom. The highest BCUT2D eigenvalue weighted by atomic mass is 16.3. The maximum Gasteiger partial charge on any atom is 0.159 e. The standard InChI is InChI=1S/C30H48O3/c1-19(10-9-14-26(2,3)33)20-11-17-30(8)25-21(12-16-29(20,30)7)28(6)15-13-24(32)27(4,5)23(28)18-22(25)31/h9,14,19-20,23-24,32-33H,10-13,15-18H2,1-8H3/b14-9+/t19-,20-,23-,24-,28+,29-,30+/m0/s1. The average Bonchev–Trinajstić information content (AvgIpc) is 2.97. The van der Waals surface area contributed by atoms with E-state index in [0.717, 1.165) is 38.5 Å². The Bertz CT molecular complexity index is 873. The van der Waals surface area contributed by atoms with Crippen molar-refractivity contribution in [2.24, 2.45) is 39.4 Å². The van der Waals surface area contributed by atoms with Crippen molar-refractivity contribution in [3.8, 4) is 0 Å². The molecule has 3 nitrogen and oxygen atoms in total. The summed E-state index contributed by atoms with van der Waals surface area (Å²) in [5.74, 6) is 1.73. The van der Waals surface area contributed by atoms with Crippen molar-refractivity contribution < 1.29 is 15.0 Å². The number of hydrogen-bond acceptors (Lipinski definition) is 3. The predicted octanol–water partition coefficient (Wildman–Crippen LogP) is 6.63. The number of hydrogen-bond donors (Lipinski definition) is 2. The molecule has 0 radical (unpaired) electrons. The van der Waals surface area contributed by atoms with Gasteiger partial charge in [-0.05, 0) is 92.8 Å². The van der Waals surface area contributed by atoms with Crippen LogP contribution in [0.2, 0.25) is 0 Å². The fraction of sp³-hybridized carbons (Fsp3) is 0.833. The van der Waals surface area contributed by atoms with E-state index in [0.29, 0.717) is 24.0 Å². The predicted molar refractivity (Wildman–Crippen MR) is 135 cm³/mol. The minimum absolute atomic E-state index is 0.0372. The number of fused-ring (bicyclic) bond motifs is 4. The van der Waals surface area contributed by atoms with Crippen LogP contribution in [0.5, 0.6) is 0 Å². The molecule has 7 atom stereocenters. The Kier molecular flexibility index (Phi) is 5.94. The monoisotopic (exact) mass is 456 g/mol. The van der Waals surface area contributed by atoms with Crippen LogP contribution in [0.25, 0.3) is 0 Å². The van der Waals surface area contributed by atoms with Gasteiger partial charge in [0.1, 0.15) is 0 Å². The number of carbonyl (C=O) groups excluding carboxylic acids is 1. The third kappa shape index (κ3) is 3.63. The van der Waals surface area contributed by atoms with E-state index in [4.69, 9.17) is 0 Å². The maximum absolute atomic E-state index is 13.9. The third-order valence-electron chi connectivity index (χ3n) is 11.3. The number of Topliss-reactive ketones (excluding diaryl/α,β-unsaturated/α-hetero) is 1. The van der Waals surface area contributed by atoms with E-state index in [1.807, 2.05) is 19.9 Å². The van der Waals surface area contributed by atoms with Gasteiger partial charge in [-0.25, -0.2) is 0 Å². The highest BCUT2D eigenvalue weighted by Gasteiger charge is 2.65. The number of aliphatic hydroxyl groups is 2. The van der Waals surface area contributed by atoms with Gasteiger partial charge in [0.05, 0.1) is 11.7 Å². The molecule has 3 heteroatoms. The van der Waals surface area contributed by atoms with Crippen LogP contribution in [0, 0.1) is 39.4 Å². The molecule has 0 amide bonds. The first-order valence-electron chi connectivity index (χ1n) is 13.4. The highest BCUT2D eigenvalue weighted by Crippen LogP contribution is 2.71. The minimum atomic E-state index is -0.764. The molecule has 2 fully saturated rings. The van der Waals surface area contributed by atoms with Gasteiger partial charge in [0, 0.05) is 17.4 Å². The van der Waals surface area contributed by atoms with E-state index in [9.17, 15) is 15.0 Å². The summed E-state index contributed by atoms with van der Waals surface area (Å²) < 4.78 is 0. The summed E-state index contributed by atoms with van der Waals surface area (Å²) in [6, 6.07) is 0. The van der Waals surface area contributed by atoms with Crippen LogP contribution >= 0.6 is 0 Å². The zero-order chi connectivity index (χ0) is 24.6. The summed E-state index contributed by atoms with van der Waals surface area (Å²) in [7, 11) is 0. The largest absolute Gasteiger partial charge is 0.393 e. The van der Waals surface area contributed by atoms with Gasteiger partial charge in [0.15, 0.2) is 5.78 Å². The Balaban J connectivity index is 1.69. The molecule has 186 valence electrons. The van der Waals surface area contributed by atoms with E-state index >= 15 is 0 Å². The van der Waals surface area contributed by atoms with Crippen molar-refractivity contribution in [2.75, 3.05) is 0 Å². The molecule has 0 unspecified atom stereocenters. The van der Waals surface area contributed by atoms with Gasteiger partial charge in [0.25, 0.3) is 0 Å². The average molecular weight is 457 g/mol. The topological polar surface area (TPSA) is 57.5 Å². The zero-order valence-corrected chi connectivity index (χ0v) is 22.4. The summed E-state index contributed by atoms with van der Waals surface area (Å²) in [5.41, 5.74) is 1.79. The molecule has 0 spiro atoms. The SMILES string of the molecule is C[C@@H](C/C=C/C(C)(C)O)[C@@H]1CC[C@]2(C)C3=C(CC[C@@]12C)[C@@]1(C)CC[C@H](O)C(C)(C)[C@@H]1CC3=O. The molecule has 0 aromatic rings. The minimum Gasteiger partial charge on any atom is -0.393 e. The summed E-state index contributed by atoms with van der Waals surface area (Å²) in [6.07, 6.45) is 11.7. The lowest BCUT2D eigenvalue weighted by molar-refractivity contribution is -0.134. The molecular weight excluding hydrogens is 408 g/mol. The van der Waals surface area contributed by atoms with Crippen LogP contribution in [0.4, 0.5) is 0 Å². The van der Waals surface area contributed by atoms with Crippen LogP contribution in [0.3, 0.4) is 0 Å². The number of aliphatic hydroxyl groups excluding tert-OH is 1. The van der Waals surface area contributed by atoms with Crippen molar-refractivity contribution in [1.29, 1.82) is 0 Å². The number of carbonyl (C=O) groups is 1. The first-order valence-corrected chi connectivity index (χ1v) is 13.4. The molecular formula is C30H48O3. The van der Waals surface area contributed by atoms with Gasteiger partial charge in [-0.15, -0.1) is 0 Å². The lowest BCUT2D eigenvalue weighted by Gasteiger charge is -2.61. The molecule has 4 aliphatic carbocycles. The Labute approximate surface area is 202 Å². The lowest BCUT2D eigenvalue weighted by Crippen LogP contribution is -2.57. The van der Waals surface area contributed by atoms with Crippen molar-refractivity contribution in [3.63, 3.8) is 0 Å². The molecule has 33 heavy (non-hydrogen) atoms. The Morgan fingerprint density at radius 3 is 2.39 bits per heavy atom. The van der Waals surface area contributed by atoms with Crippen molar-refractivity contribution in [2.45, 2.75) is 118 Å². The van der Waals surface area contributed by atoms with Crippen molar-refractivity contribution >= 4 is 5.78 Å². The van der Waals surface area contributed by atoms with E-state index in [2.05, 4.69) is 47.6 Å². The molecule has 0 aromatic carbocycles. The summed E-state index contributed by atoms with van der Waals surface area (Å²) >= 11 is 0. The number of rotatable bonds is 4. The van der Waals surface area contributed by atoms with E-state index in [1.54, 1.807) is 0 Å². The highest BCUT2D eigenvalue weighted by molar-refractivity contribution is 5.99. The molecule has 0 aliphatic heterocycles. The van der Waals surface area contributed by atoms with Gasteiger partial charge >= 0.3 is 0 Å². The lowest BCUT2D eigenvalue weighted by atomic mass is 9.43. The first-order chi connectivity index (χ1) is 15.1. The molecule has 0 aromatic heterocycles. The van der Waals surface area contributed by atoms with Gasteiger partial charge in [-0.1, -0.05) is 59.3 Å². The van der Waals surface area contributed by atoms with Gasteiger partial charge in [0.2, 0.25) is 0 Å². The van der Waals surface area contributed by atoms with Gasteiger partial charge in [-0.3, -0.25) is 4.79 Å². The third-order valence-corrected chi connectivity index (χ3v) is 11.3. The fourth-order valence-corrected chi connectivity index (χ4v) is 9.04.